The topological polar surface area (TPSA) is 43.4 Å². The Kier molecular flexibility index (Phi) is 2.65. The van der Waals surface area contributed by atoms with Crippen molar-refractivity contribution in [3.05, 3.63) is 30.3 Å². The zero-order valence-electron chi connectivity index (χ0n) is 8.40. The highest BCUT2D eigenvalue weighted by Gasteiger charge is 2.64. The Morgan fingerprint density at radius 3 is 2.12 bits per heavy atom. The predicted octanol–water partition coefficient (Wildman–Crippen LogP) is 1.76. The zero-order chi connectivity index (χ0) is 12.6. The van der Waals surface area contributed by atoms with E-state index in [9.17, 15) is 22.8 Å². The summed E-state index contributed by atoms with van der Waals surface area (Å²) < 4.78 is 42.2. The van der Waals surface area contributed by atoms with Crippen LogP contribution in [0.15, 0.2) is 30.3 Å². The molecular formula is C11H7F3O3. The first kappa shape index (κ1) is 11.6. The molecule has 0 aliphatic heterocycles. The van der Waals surface area contributed by atoms with Crippen LogP contribution < -0.4 is 4.74 Å². The third-order valence-corrected chi connectivity index (χ3v) is 2.45. The van der Waals surface area contributed by atoms with Gasteiger partial charge in [0.25, 0.3) is 0 Å². The van der Waals surface area contributed by atoms with Crippen LogP contribution in [0.2, 0.25) is 0 Å². The molecule has 0 N–H and O–H groups in total. The van der Waals surface area contributed by atoms with Crippen molar-refractivity contribution in [3.63, 3.8) is 0 Å². The van der Waals surface area contributed by atoms with Gasteiger partial charge in [-0.2, -0.15) is 13.2 Å². The average Bonchev–Trinajstić information content (AvgIpc) is 2.27. The number of ether oxygens (including phenoxy) is 1. The second-order valence-electron chi connectivity index (χ2n) is 3.60. The van der Waals surface area contributed by atoms with E-state index >= 15 is 0 Å². The highest BCUT2D eigenvalue weighted by Crippen LogP contribution is 2.38. The first-order valence-electron chi connectivity index (χ1n) is 4.78. The smallest absolute Gasteiger partial charge is 0.403 e. The Hall–Kier alpha value is -1.85. The molecular weight excluding hydrogens is 237 g/mol. The first-order chi connectivity index (χ1) is 7.91. The lowest BCUT2D eigenvalue weighted by molar-refractivity contribution is -0.213. The molecule has 0 saturated heterocycles. The summed E-state index contributed by atoms with van der Waals surface area (Å²) in [5.74, 6) is -4.77. The van der Waals surface area contributed by atoms with Gasteiger partial charge >= 0.3 is 6.18 Å². The highest BCUT2D eigenvalue weighted by molar-refractivity contribution is 6.47. The standard InChI is InChI=1S/C11H7F3O3/c12-11(13,14)7-8(15)9(16)10(7)17-6-4-2-1-3-5-6/h1-5,7,10H. The highest BCUT2D eigenvalue weighted by atomic mass is 19.4. The van der Waals surface area contributed by atoms with Crippen LogP contribution in [-0.2, 0) is 9.59 Å². The van der Waals surface area contributed by atoms with Crippen molar-refractivity contribution in [1.29, 1.82) is 0 Å². The Balaban J connectivity index is 2.16. The minimum Gasteiger partial charge on any atom is -0.481 e. The second kappa shape index (κ2) is 3.87. The summed E-state index contributed by atoms with van der Waals surface area (Å²) in [4.78, 5) is 21.9. The minimum absolute atomic E-state index is 0.132. The fourth-order valence-electron chi connectivity index (χ4n) is 1.57. The fraction of sp³-hybridized carbons (Fsp3) is 0.273. The van der Waals surface area contributed by atoms with Gasteiger partial charge in [0.1, 0.15) is 5.75 Å². The fourth-order valence-corrected chi connectivity index (χ4v) is 1.57. The molecule has 2 unspecified atom stereocenters. The summed E-state index contributed by atoms with van der Waals surface area (Å²) in [5, 5.41) is 0. The zero-order valence-corrected chi connectivity index (χ0v) is 8.40. The first-order valence-corrected chi connectivity index (χ1v) is 4.78. The Morgan fingerprint density at radius 2 is 1.59 bits per heavy atom. The van der Waals surface area contributed by atoms with Gasteiger partial charge in [-0.25, -0.2) is 0 Å². The molecule has 1 fully saturated rings. The molecule has 1 aromatic rings. The number of hydrogen-bond acceptors (Lipinski definition) is 3. The Morgan fingerprint density at radius 1 is 1.00 bits per heavy atom. The van der Waals surface area contributed by atoms with Crippen LogP contribution in [0, 0.1) is 5.92 Å². The number of carbonyl (C=O) groups excluding carboxylic acids is 2. The van der Waals surface area contributed by atoms with Crippen LogP contribution in [0.5, 0.6) is 5.75 Å². The van der Waals surface area contributed by atoms with Gasteiger partial charge < -0.3 is 4.74 Å². The molecule has 0 bridgehead atoms. The van der Waals surface area contributed by atoms with E-state index in [-0.39, 0.29) is 5.75 Å². The molecule has 1 aromatic carbocycles. The van der Waals surface area contributed by atoms with Crippen LogP contribution in [0.1, 0.15) is 0 Å². The lowest BCUT2D eigenvalue weighted by Gasteiger charge is -2.34. The van der Waals surface area contributed by atoms with Gasteiger partial charge in [-0.1, -0.05) is 18.2 Å². The average molecular weight is 244 g/mol. The van der Waals surface area contributed by atoms with Gasteiger partial charge in [-0.15, -0.1) is 0 Å². The molecule has 17 heavy (non-hydrogen) atoms. The Labute approximate surface area is 94.2 Å². The van der Waals surface area contributed by atoms with Crippen molar-refractivity contribution in [2.45, 2.75) is 12.3 Å². The number of rotatable bonds is 2. The van der Waals surface area contributed by atoms with E-state index in [2.05, 4.69) is 0 Å². The molecule has 0 heterocycles. The third kappa shape index (κ3) is 2.02. The van der Waals surface area contributed by atoms with Gasteiger partial charge in [0.05, 0.1) is 0 Å². The molecule has 2 atom stereocenters. The van der Waals surface area contributed by atoms with E-state index in [0.717, 1.165) is 0 Å². The van der Waals surface area contributed by atoms with Crippen LogP contribution in [0.3, 0.4) is 0 Å². The maximum atomic E-state index is 12.4. The maximum absolute atomic E-state index is 12.4. The van der Waals surface area contributed by atoms with Crippen LogP contribution in [0.4, 0.5) is 13.2 Å². The van der Waals surface area contributed by atoms with Gasteiger partial charge in [0.15, 0.2) is 12.0 Å². The van der Waals surface area contributed by atoms with E-state index in [1.54, 1.807) is 18.2 Å². The summed E-state index contributed by atoms with van der Waals surface area (Å²) in [6.45, 7) is 0. The van der Waals surface area contributed by atoms with Gasteiger partial charge in [0, 0.05) is 0 Å². The monoisotopic (exact) mass is 244 g/mol. The summed E-state index contributed by atoms with van der Waals surface area (Å²) in [7, 11) is 0. The summed E-state index contributed by atoms with van der Waals surface area (Å²) in [6.07, 6.45) is -6.49. The summed E-state index contributed by atoms with van der Waals surface area (Å²) >= 11 is 0. The van der Waals surface area contributed by atoms with Gasteiger partial charge in [-0.05, 0) is 12.1 Å². The number of Topliss-reactive ketones (excluding diaryl/α,β-unsaturated/α-hetero) is 2. The van der Waals surface area contributed by atoms with Gasteiger partial charge in [-0.3, -0.25) is 9.59 Å². The Bertz CT molecular complexity index is 453. The number of benzene rings is 1. The second-order valence-corrected chi connectivity index (χ2v) is 3.60. The van der Waals surface area contributed by atoms with E-state index in [1.807, 2.05) is 0 Å². The van der Waals surface area contributed by atoms with Crippen molar-refractivity contribution in [3.8, 4) is 5.75 Å². The summed E-state index contributed by atoms with van der Waals surface area (Å²) in [6, 6.07) is 7.61. The SMILES string of the molecule is O=C1C(=O)C(C(F)(F)F)C1Oc1ccccc1. The third-order valence-electron chi connectivity index (χ3n) is 2.45. The molecule has 90 valence electrons. The number of alkyl halides is 3. The molecule has 0 amide bonds. The van der Waals surface area contributed by atoms with E-state index < -0.39 is 29.8 Å². The van der Waals surface area contributed by atoms with Crippen molar-refractivity contribution in [2.75, 3.05) is 0 Å². The lowest BCUT2D eigenvalue weighted by Crippen LogP contribution is -2.61. The lowest BCUT2D eigenvalue weighted by atomic mass is 9.78. The van der Waals surface area contributed by atoms with Crippen LogP contribution in [0.25, 0.3) is 0 Å². The maximum Gasteiger partial charge on any atom is 0.403 e. The molecule has 0 aromatic heterocycles. The van der Waals surface area contributed by atoms with Crippen molar-refractivity contribution >= 4 is 11.6 Å². The van der Waals surface area contributed by atoms with Crippen LogP contribution in [-0.4, -0.2) is 23.8 Å². The number of para-hydroxylation sites is 1. The van der Waals surface area contributed by atoms with Crippen molar-refractivity contribution in [2.24, 2.45) is 5.92 Å². The number of hydrogen-bond donors (Lipinski definition) is 0. The molecule has 6 heteroatoms. The largest absolute Gasteiger partial charge is 0.481 e. The van der Waals surface area contributed by atoms with Crippen LogP contribution >= 0.6 is 0 Å². The molecule has 1 aliphatic rings. The predicted molar refractivity (Wildman–Crippen MR) is 50.4 cm³/mol. The van der Waals surface area contributed by atoms with E-state index in [0.29, 0.717) is 0 Å². The van der Waals surface area contributed by atoms with Gasteiger partial charge in [0.2, 0.25) is 11.6 Å². The molecule has 1 saturated carbocycles. The molecule has 3 nitrogen and oxygen atoms in total. The number of ketones is 2. The van der Waals surface area contributed by atoms with Crippen molar-refractivity contribution < 1.29 is 27.5 Å². The van der Waals surface area contributed by atoms with E-state index in [4.69, 9.17) is 4.74 Å². The molecule has 2 rings (SSSR count). The normalized spacial score (nSPS) is 24.4. The quantitative estimate of drug-likeness (QED) is 0.744. The molecule has 0 radical (unpaired) electrons. The minimum atomic E-state index is -4.75. The summed E-state index contributed by atoms with van der Waals surface area (Å²) in [5.41, 5.74) is 0. The number of carbonyl (C=O) groups is 2. The van der Waals surface area contributed by atoms with E-state index in [1.165, 1.54) is 12.1 Å². The van der Waals surface area contributed by atoms with Crippen molar-refractivity contribution in [1.82, 2.24) is 0 Å². The molecule has 0 spiro atoms. The number of halogens is 3. The molecule has 1 aliphatic carbocycles.